The van der Waals surface area contributed by atoms with Crippen LogP contribution in [0.4, 0.5) is 11.4 Å². The van der Waals surface area contributed by atoms with Crippen molar-refractivity contribution < 1.29 is 9.47 Å². The third-order valence-corrected chi connectivity index (χ3v) is 15.4. The third kappa shape index (κ3) is 9.40. The van der Waals surface area contributed by atoms with Gasteiger partial charge < -0.3 is 18.9 Å². The maximum Gasteiger partial charge on any atom is 0.0721 e. The van der Waals surface area contributed by atoms with E-state index in [1.165, 1.54) is 71.9 Å². The first-order chi connectivity index (χ1) is 36.8. The summed E-state index contributed by atoms with van der Waals surface area (Å²) >= 11 is 0. The Morgan fingerprint density at radius 1 is 0.507 bits per heavy atom. The van der Waals surface area contributed by atoms with Crippen molar-refractivity contribution in [2.45, 2.75) is 58.2 Å². The van der Waals surface area contributed by atoms with Crippen LogP contribution in [0.2, 0.25) is 0 Å². The van der Waals surface area contributed by atoms with Gasteiger partial charge in [-0.15, -0.1) is 0 Å². The van der Waals surface area contributed by atoms with Crippen molar-refractivity contribution >= 4 is 50.9 Å². The maximum atomic E-state index is 6.25. The van der Waals surface area contributed by atoms with E-state index in [0.29, 0.717) is 26.4 Å². The first kappa shape index (κ1) is 47.5. The smallest absolute Gasteiger partial charge is 0.0721 e. The van der Waals surface area contributed by atoms with Crippen LogP contribution in [0.3, 0.4) is 0 Å². The summed E-state index contributed by atoms with van der Waals surface area (Å²) in [5, 5.41) is 2.46. The zero-order valence-electron chi connectivity index (χ0n) is 42.8. The highest BCUT2D eigenvalue weighted by Crippen LogP contribution is 2.52. The van der Waals surface area contributed by atoms with Crippen LogP contribution in [-0.4, -0.2) is 10.6 Å². The van der Waals surface area contributed by atoms with Gasteiger partial charge in [-0.1, -0.05) is 203 Å². The topological polar surface area (TPSA) is 26.6 Å². The van der Waals surface area contributed by atoms with Crippen molar-refractivity contribution in [2.24, 2.45) is 0 Å². The summed E-state index contributed by atoms with van der Waals surface area (Å²) in [7, 11) is 0. The van der Waals surface area contributed by atoms with Crippen molar-refractivity contribution in [1.29, 1.82) is 0 Å². The largest absolute Gasteiger partial charge is 0.372 e. The molecule has 1 heterocycles. The molecule has 4 nitrogen and oxygen atoms in total. The molecule has 4 heteroatoms. The van der Waals surface area contributed by atoms with E-state index < -0.39 is 0 Å². The molecule has 0 fully saturated rings. The minimum atomic E-state index is -0.154. The number of ether oxygens (including phenoxy) is 2. The second-order valence-electron chi connectivity index (χ2n) is 20.5. The lowest BCUT2D eigenvalue weighted by Gasteiger charge is -2.36. The van der Waals surface area contributed by atoms with Crippen LogP contribution in [0.25, 0.3) is 67.5 Å². The Morgan fingerprint density at radius 2 is 1.01 bits per heavy atom. The zero-order chi connectivity index (χ0) is 50.9. The number of nitrogens with zero attached hydrogens (tertiary/aromatic N) is 2. The average Bonchev–Trinajstić information content (AvgIpc) is 3.99. The maximum absolute atomic E-state index is 6.25. The highest BCUT2D eigenvalue weighted by molar-refractivity contribution is 6.10. The number of para-hydroxylation sites is 1. The molecule has 366 valence electrons. The van der Waals surface area contributed by atoms with E-state index >= 15 is 0 Å². The lowest BCUT2D eigenvalue weighted by Crippen LogP contribution is -2.32. The lowest BCUT2D eigenvalue weighted by atomic mass is 9.79. The summed E-state index contributed by atoms with van der Waals surface area (Å²) in [5.41, 5.74) is 22.7. The molecule has 12 rings (SSSR count). The summed E-state index contributed by atoms with van der Waals surface area (Å²) in [4.78, 5) is 2.54. The van der Waals surface area contributed by atoms with Gasteiger partial charge in [0.2, 0.25) is 0 Å². The number of rotatable bonds is 16. The highest BCUT2D eigenvalue weighted by atomic mass is 16.5. The second kappa shape index (κ2) is 20.4. The quantitative estimate of drug-likeness (QED) is 0.0965. The van der Waals surface area contributed by atoms with Gasteiger partial charge in [0.25, 0.3) is 0 Å². The molecule has 0 aliphatic heterocycles. The van der Waals surface area contributed by atoms with Crippen molar-refractivity contribution in [3.63, 3.8) is 0 Å². The Bertz CT molecular complexity index is 3770. The summed E-state index contributed by atoms with van der Waals surface area (Å²) < 4.78 is 14.7. The van der Waals surface area contributed by atoms with Crippen LogP contribution in [-0.2, 0) is 41.3 Å². The minimum absolute atomic E-state index is 0.102. The Hall–Kier alpha value is -8.54. The van der Waals surface area contributed by atoms with Gasteiger partial charge in [0.1, 0.15) is 0 Å². The zero-order valence-corrected chi connectivity index (χ0v) is 42.8. The molecule has 10 aromatic rings. The van der Waals surface area contributed by atoms with E-state index in [1.54, 1.807) is 0 Å². The molecule has 0 N–H and O–H groups in total. The molecule has 9 aromatic carbocycles. The van der Waals surface area contributed by atoms with Gasteiger partial charge in [0.15, 0.2) is 0 Å². The summed E-state index contributed by atoms with van der Waals surface area (Å²) in [6, 6.07) is 77.2. The van der Waals surface area contributed by atoms with E-state index in [2.05, 4.69) is 261 Å². The van der Waals surface area contributed by atoms with Gasteiger partial charge in [-0.2, -0.15) is 0 Å². The van der Waals surface area contributed by atoms with E-state index in [-0.39, 0.29) is 11.5 Å². The van der Waals surface area contributed by atoms with Crippen molar-refractivity contribution in [2.75, 3.05) is 4.90 Å². The van der Waals surface area contributed by atoms with Crippen LogP contribution in [0, 0.1) is 0 Å². The SMILES string of the molecule is C=Cc1ccc(COCc2ccc(-n3c4ccccc4c4cc(-c5ccc(N(c6ccc(-c7ccccc7)cc6)C6C=C7C(=CC6)c6cc(COCc8ccc(C=C)cc8)ccc6C7(C)C)cc5)ccc43)cc2)cc1. The molecule has 2 aliphatic carbocycles. The number of allylic oxidation sites excluding steroid dienone is 2. The number of hydrogen-bond donors (Lipinski definition) is 0. The molecule has 0 radical (unpaired) electrons. The molecule has 0 saturated heterocycles. The first-order valence-electron chi connectivity index (χ1n) is 26.1. The fourth-order valence-electron chi connectivity index (χ4n) is 11.3. The lowest BCUT2D eigenvalue weighted by molar-refractivity contribution is 0.107. The number of benzene rings is 9. The Kier molecular flexibility index (Phi) is 12.9. The number of aromatic nitrogens is 1. The predicted octanol–water partition coefficient (Wildman–Crippen LogP) is 18.0. The van der Waals surface area contributed by atoms with Crippen LogP contribution < -0.4 is 4.90 Å². The Morgan fingerprint density at radius 3 is 1.63 bits per heavy atom. The predicted molar refractivity (Wildman–Crippen MR) is 314 cm³/mol. The molecule has 75 heavy (non-hydrogen) atoms. The van der Waals surface area contributed by atoms with Gasteiger partial charge in [0.05, 0.1) is 43.5 Å². The molecule has 1 unspecified atom stereocenters. The summed E-state index contributed by atoms with van der Waals surface area (Å²) in [5.74, 6) is 0. The molecule has 1 atom stereocenters. The van der Waals surface area contributed by atoms with Crippen LogP contribution in [0.15, 0.2) is 243 Å². The molecule has 2 aliphatic rings. The van der Waals surface area contributed by atoms with Gasteiger partial charge in [0, 0.05) is 33.2 Å². The third-order valence-electron chi connectivity index (χ3n) is 15.4. The molecule has 1 aromatic heterocycles. The number of anilines is 2. The number of fused-ring (bicyclic) bond motifs is 6. The normalized spacial score (nSPS) is 14.5. The fourth-order valence-corrected chi connectivity index (χ4v) is 11.3. The van der Waals surface area contributed by atoms with Gasteiger partial charge in [-0.3, -0.25) is 0 Å². The molecule has 0 bridgehead atoms. The van der Waals surface area contributed by atoms with E-state index in [4.69, 9.17) is 9.47 Å². The van der Waals surface area contributed by atoms with E-state index in [1.807, 2.05) is 12.2 Å². The monoisotopic (exact) mass is 972 g/mol. The molecule has 0 saturated carbocycles. The molecular weight excluding hydrogens is 913 g/mol. The van der Waals surface area contributed by atoms with Crippen molar-refractivity contribution in [1.82, 2.24) is 4.57 Å². The summed E-state index contributed by atoms with van der Waals surface area (Å²) in [6.45, 7) is 14.7. The minimum Gasteiger partial charge on any atom is -0.372 e. The van der Waals surface area contributed by atoms with Crippen molar-refractivity contribution in [3.05, 3.63) is 288 Å². The number of hydrogen-bond acceptors (Lipinski definition) is 3. The standard InChI is InChI=1S/C71H60N2O2/c1-5-49-16-20-51(21-17-49)45-74-47-53-24-32-61(33-25-53)73-69-15-11-10-14-64(69)66-43-58(31-41-70(66)73)57-29-36-60(37-30-57)72(59-34-27-56(28-35-59)55-12-8-7-9-13-55)62-38-39-63-65-42-54(26-40-67(65)71(3,4)68(63)44-62)48-75-46-52-22-18-50(6-2)19-23-52/h5-37,39-44,62H,1-2,38,45-48H2,3-4H3. The molecule has 0 amide bonds. The molecular formula is C71H60N2O2. The summed E-state index contributed by atoms with van der Waals surface area (Å²) in [6.07, 6.45) is 9.64. The van der Waals surface area contributed by atoms with E-state index in [0.717, 1.165) is 51.3 Å². The van der Waals surface area contributed by atoms with Gasteiger partial charge >= 0.3 is 0 Å². The Balaban J connectivity index is 0.819. The van der Waals surface area contributed by atoms with Gasteiger partial charge in [-0.25, -0.2) is 0 Å². The van der Waals surface area contributed by atoms with Crippen LogP contribution in [0.1, 0.15) is 64.8 Å². The van der Waals surface area contributed by atoms with E-state index in [9.17, 15) is 0 Å². The first-order valence-corrected chi connectivity index (χ1v) is 26.1. The van der Waals surface area contributed by atoms with Gasteiger partial charge in [-0.05, 0) is 145 Å². The highest BCUT2D eigenvalue weighted by Gasteiger charge is 2.40. The van der Waals surface area contributed by atoms with Crippen LogP contribution >= 0.6 is 0 Å². The second-order valence-corrected chi connectivity index (χ2v) is 20.5. The average molecular weight is 973 g/mol. The van der Waals surface area contributed by atoms with Crippen LogP contribution in [0.5, 0.6) is 0 Å². The molecule has 0 spiro atoms. The Labute approximate surface area is 441 Å². The fraction of sp³-hybridized carbons (Fsp3) is 0.127. The van der Waals surface area contributed by atoms with Crippen molar-refractivity contribution in [3.8, 4) is 27.9 Å².